The molecule has 0 spiro atoms. The Bertz CT molecular complexity index is 309. The molecule has 1 unspecified atom stereocenters. The van der Waals surface area contributed by atoms with Crippen LogP contribution in [0.1, 0.15) is 33.6 Å². The van der Waals surface area contributed by atoms with Crippen LogP contribution in [0.5, 0.6) is 0 Å². The molecule has 1 N–H and O–H groups in total. The zero-order valence-corrected chi connectivity index (χ0v) is 10.6. The van der Waals surface area contributed by atoms with Crippen molar-refractivity contribution < 1.29 is 24.2 Å². The number of aliphatic hydroxyl groups excluding tert-OH is 1. The molecule has 2 amide bonds. The highest BCUT2D eigenvalue weighted by Crippen LogP contribution is 2.24. The number of ether oxygens (including phenoxy) is 2. The maximum absolute atomic E-state index is 11.8. The van der Waals surface area contributed by atoms with Crippen molar-refractivity contribution in [2.24, 2.45) is 0 Å². The average molecular weight is 245 g/mol. The Morgan fingerprint density at radius 2 is 2.12 bits per heavy atom. The lowest BCUT2D eigenvalue weighted by Crippen LogP contribution is -2.47. The molecule has 98 valence electrons. The third kappa shape index (κ3) is 3.41. The van der Waals surface area contributed by atoms with Gasteiger partial charge in [0.05, 0.1) is 6.04 Å². The first-order valence-corrected chi connectivity index (χ1v) is 5.52. The van der Waals surface area contributed by atoms with Crippen molar-refractivity contribution in [1.82, 2.24) is 4.90 Å². The Balaban J connectivity index is 2.78. The summed E-state index contributed by atoms with van der Waals surface area (Å²) in [6.07, 6.45) is -1.31. The predicted octanol–water partition coefficient (Wildman–Crippen LogP) is 0.877. The fraction of sp³-hybridized carbons (Fsp3) is 0.818. The van der Waals surface area contributed by atoms with Gasteiger partial charge < -0.3 is 14.6 Å². The number of amides is 2. The van der Waals surface area contributed by atoms with Gasteiger partial charge in [-0.25, -0.2) is 9.69 Å². The van der Waals surface area contributed by atoms with Crippen LogP contribution in [-0.4, -0.2) is 47.0 Å². The normalized spacial score (nSPS) is 22.8. The van der Waals surface area contributed by atoms with Gasteiger partial charge in [0.2, 0.25) is 5.91 Å². The first kappa shape index (κ1) is 13.9. The summed E-state index contributed by atoms with van der Waals surface area (Å²) in [5.41, 5.74) is -0.678. The molecule has 1 aliphatic rings. The van der Waals surface area contributed by atoms with Crippen LogP contribution < -0.4 is 0 Å². The van der Waals surface area contributed by atoms with Crippen molar-refractivity contribution in [1.29, 1.82) is 0 Å². The molecule has 6 nitrogen and oxygen atoms in total. The summed E-state index contributed by atoms with van der Waals surface area (Å²) in [7, 11) is 1.32. The Hall–Kier alpha value is -1.14. The van der Waals surface area contributed by atoms with E-state index < -0.39 is 24.0 Å². The first-order chi connectivity index (χ1) is 7.76. The summed E-state index contributed by atoms with van der Waals surface area (Å²) in [5, 5.41) is 9.57. The van der Waals surface area contributed by atoms with Crippen LogP contribution in [0.25, 0.3) is 0 Å². The van der Waals surface area contributed by atoms with Crippen molar-refractivity contribution in [3.63, 3.8) is 0 Å². The molecule has 2 atom stereocenters. The van der Waals surface area contributed by atoms with E-state index in [4.69, 9.17) is 9.47 Å². The molecule has 6 heteroatoms. The molecule has 0 aromatic heterocycles. The quantitative estimate of drug-likeness (QED) is 0.731. The molecular formula is C11H19NO5. The number of rotatable bonds is 2. The van der Waals surface area contributed by atoms with E-state index in [1.54, 1.807) is 20.8 Å². The van der Waals surface area contributed by atoms with Gasteiger partial charge in [0.25, 0.3) is 0 Å². The van der Waals surface area contributed by atoms with Crippen LogP contribution in [-0.2, 0) is 14.3 Å². The van der Waals surface area contributed by atoms with Gasteiger partial charge >= 0.3 is 6.09 Å². The Labute approximate surface area is 100 Å². The Kier molecular flexibility index (Phi) is 4.11. The van der Waals surface area contributed by atoms with E-state index in [-0.39, 0.29) is 12.3 Å². The molecule has 1 rings (SSSR count). The largest absolute Gasteiger partial charge is 0.443 e. The fourth-order valence-electron chi connectivity index (χ4n) is 1.68. The zero-order chi connectivity index (χ0) is 13.2. The highest BCUT2D eigenvalue weighted by Gasteiger charge is 2.42. The SMILES string of the molecule is COC(O)[C@@H]1CCC(=O)N1C(=O)OC(C)(C)C. The number of aliphatic hydroxyl groups is 1. The summed E-state index contributed by atoms with van der Waals surface area (Å²) in [4.78, 5) is 24.4. The lowest BCUT2D eigenvalue weighted by molar-refractivity contribution is -0.141. The van der Waals surface area contributed by atoms with Crippen LogP contribution in [0.4, 0.5) is 4.79 Å². The Morgan fingerprint density at radius 1 is 1.53 bits per heavy atom. The second-order valence-corrected chi connectivity index (χ2v) is 4.98. The van der Waals surface area contributed by atoms with Crippen LogP contribution in [0.2, 0.25) is 0 Å². The monoisotopic (exact) mass is 245 g/mol. The van der Waals surface area contributed by atoms with Gasteiger partial charge in [-0.05, 0) is 27.2 Å². The molecule has 1 aliphatic heterocycles. The summed E-state index contributed by atoms with van der Waals surface area (Å²) >= 11 is 0. The van der Waals surface area contributed by atoms with Crippen molar-refractivity contribution in [2.45, 2.75) is 51.5 Å². The lowest BCUT2D eigenvalue weighted by atomic mass is 10.2. The number of methoxy groups -OCH3 is 1. The standard InChI is InChI=1S/C11H19NO5/c1-11(2,3)17-10(15)12-7(9(14)16-4)5-6-8(12)13/h7,9,14H,5-6H2,1-4H3/t7-,9?/m0/s1. The van der Waals surface area contributed by atoms with E-state index in [1.165, 1.54) is 7.11 Å². The van der Waals surface area contributed by atoms with E-state index in [9.17, 15) is 14.7 Å². The van der Waals surface area contributed by atoms with Crippen molar-refractivity contribution >= 4 is 12.0 Å². The predicted molar refractivity (Wildman–Crippen MR) is 59.1 cm³/mol. The number of carbonyl (C=O) groups is 2. The number of imide groups is 1. The number of hydrogen-bond donors (Lipinski definition) is 1. The van der Waals surface area contributed by atoms with E-state index in [0.29, 0.717) is 6.42 Å². The number of nitrogens with zero attached hydrogens (tertiary/aromatic N) is 1. The van der Waals surface area contributed by atoms with Gasteiger partial charge in [0.1, 0.15) is 5.60 Å². The maximum Gasteiger partial charge on any atom is 0.417 e. The average Bonchev–Trinajstić information content (AvgIpc) is 2.56. The Morgan fingerprint density at radius 3 is 2.59 bits per heavy atom. The van der Waals surface area contributed by atoms with Crippen molar-refractivity contribution in [2.75, 3.05) is 7.11 Å². The van der Waals surface area contributed by atoms with E-state index in [2.05, 4.69) is 0 Å². The number of carbonyl (C=O) groups excluding carboxylic acids is 2. The molecular weight excluding hydrogens is 226 g/mol. The van der Waals surface area contributed by atoms with Gasteiger partial charge in [0, 0.05) is 13.5 Å². The highest BCUT2D eigenvalue weighted by molar-refractivity contribution is 5.94. The minimum atomic E-state index is -1.17. The van der Waals surface area contributed by atoms with Crippen molar-refractivity contribution in [3.8, 4) is 0 Å². The molecule has 0 aromatic carbocycles. The molecule has 0 aromatic rings. The molecule has 0 aliphatic carbocycles. The third-order valence-corrected chi connectivity index (χ3v) is 2.42. The molecule has 0 bridgehead atoms. The summed E-state index contributed by atoms with van der Waals surface area (Å²) in [6.45, 7) is 5.15. The van der Waals surface area contributed by atoms with Gasteiger partial charge in [-0.3, -0.25) is 4.79 Å². The van der Waals surface area contributed by atoms with Gasteiger partial charge in [0.15, 0.2) is 6.29 Å². The van der Waals surface area contributed by atoms with E-state index >= 15 is 0 Å². The molecule has 1 heterocycles. The first-order valence-electron chi connectivity index (χ1n) is 5.52. The summed E-state index contributed by atoms with van der Waals surface area (Å²) < 4.78 is 9.86. The molecule has 1 fully saturated rings. The van der Waals surface area contributed by atoms with Gasteiger partial charge in [-0.2, -0.15) is 0 Å². The van der Waals surface area contributed by atoms with Gasteiger partial charge in [-0.1, -0.05) is 0 Å². The summed E-state index contributed by atoms with van der Waals surface area (Å²) in [6, 6.07) is -0.664. The van der Waals surface area contributed by atoms with Gasteiger partial charge in [-0.15, -0.1) is 0 Å². The molecule has 17 heavy (non-hydrogen) atoms. The number of hydrogen-bond acceptors (Lipinski definition) is 5. The second kappa shape index (κ2) is 5.01. The zero-order valence-electron chi connectivity index (χ0n) is 10.6. The minimum Gasteiger partial charge on any atom is -0.443 e. The smallest absolute Gasteiger partial charge is 0.417 e. The topological polar surface area (TPSA) is 76.1 Å². The van der Waals surface area contributed by atoms with Crippen LogP contribution in [0.3, 0.4) is 0 Å². The molecule has 0 radical (unpaired) electrons. The lowest BCUT2D eigenvalue weighted by Gasteiger charge is -2.28. The van der Waals surface area contributed by atoms with Crippen LogP contribution >= 0.6 is 0 Å². The molecule has 0 saturated carbocycles. The second-order valence-electron chi connectivity index (χ2n) is 4.98. The fourth-order valence-corrected chi connectivity index (χ4v) is 1.68. The summed E-state index contributed by atoms with van der Waals surface area (Å²) in [5.74, 6) is -0.347. The van der Waals surface area contributed by atoms with Crippen molar-refractivity contribution in [3.05, 3.63) is 0 Å². The minimum absolute atomic E-state index is 0.213. The number of likely N-dealkylation sites (tertiary alicyclic amines) is 1. The van der Waals surface area contributed by atoms with Crippen LogP contribution in [0, 0.1) is 0 Å². The van der Waals surface area contributed by atoms with E-state index in [1.807, 2.05) is 0 Å². The van der Waals surface area contributed by atoms with Crippen LogP contribution in [0.15, 0.2) is 0 Å². The third-order valence-electron chi connectivity index (χ3n) is 2.42. The van der Waals surface area contributed by atoms with E-state index in [0.717, 1.165) is 4.90 Å². The maximum atomic E-state index is 11.8. The highest BCUT2D eigenvalue weighted by atomic mass is 16.6. The molecule has 1 saturated heterocycles.